The van der Waals surface area contributed by atoms with E-state index in [1.54, 1.807) is 0 Å². The van der Waals surface area contributed by atoms with E-state index in [2.05, 4.69) is 26.4 Å². The average molecular weight is 469 g/mol. The van der Waals surface area contributed by atoms with E-state index in [9.17, 15) is 4.79 Å². The van der Waals surface area contributed by atoms with Gasteiger partial charge in [0.05, 0.1) is 24.9 Å². The van der Waals surface area contributed by atoms with E-state index in [1.807, 2.05) is 65.5 Å². The molecule has 35 heavy (non-hydrogen) atoms. The monoisotopic (exact) mass is 468 g/mol. The Morgan fingerprint density at radius 1 is 1.14 bits per heavy atom. The smallest absolute Gasteiger partial charge is 0.270 e. The first-order chi connectivity index (χ1) is 17.1. The lowest BCUT2D eigenvalue weighted by molar-refractivity contribution is 0.0944. The molecule has 1 amide bonds. The number of aromatic nitrogens is 5. The summed E-state index contributed by atoms with van der Waals surface area (Å²) < 4.78 is 3.83. The number of carbonyl (C=O) groups excluding carboxylic acids is 1. The number of hydrogen-bond donors (Lipinski definition) is 1. The molecule has 9 heteroatoms. The number of imidazole rings is 1. The third kappa shape index (κ3) is 4.66. The highest BCUT2D eigenvalue weighted by Gasteiger charge is 2.21. The Labute approximate surface area is 204 Å². The third-order valence-corrected chi connectivity index (χ3v) is 6.34. The number of amides is 1. The molecular formula is C26H28N8O. The van der Waals surface area contributed by atoms with Crippen LogP contribution in [-0.2, 0) is 26.1 Å². The second-order valence-electron chi connectivity index (χ2n) is 8.83. The lowest BCUT2D eigenvalue weighted by Crippen LogP contribution is -2.34. The summed E-state index contributed by atoms with van der Waals surface area (Å²) in [7, 11) is 0. The molecule has 0 radical (unpaired) electrons. The molecule has 5 rings (SSSR count). The van der Waals surface area contributed by atoms with Crippen molar-refractivity contribution in [1.82, 2.24) is 34.4 Å². The summed E-state index contributed by atoms with van der Waals surface area (Å²) in [6, 6.07) is 14.1. The van der Waals surface area contributed by atoms with Gasteiger partial charge in [-0.05, 0) is 30.5 Å². The van der Waals surface area contributed by atoms with Crippen molar-refractivity contribution in [3.8, 4) is 17.5 Å². The van der Waals surface area contributed by atoms with Gasteiger partial charge in [0.1, 0.15) is 17.2 Å². The normalized spacial score (nSPS) is 13.5. The average Bonchev–Trinajstić information content (AvgIpc) is 3.47. The largest absolute Gasteiger partial charge is 0.347 e. The number of nitrogens with zero attached hydrogens (tertiary/aromatic N) is 7. The fraction of sp³-hybridized carbons (Fsp3) is 0.346. The summed E-state index contributed by atoms with van der Waals surface area (Å²) in [5, 5.41) is 16.5. The van der Waals surface area contributed by atoms with E-state index < -0.39 is 0 Å². The summed E-state index contributed by atoms with van der Waals surface area (Å²) in [5.74, 6) is 1.50. The lowest BCUT2D eigenvalue weighted by atomic mass is 10.1. The number of fused-ring (bicyclic) bond motifs is 2. The number of pyridine rings is 1. The predicted molar refractivity (Wildman–Crippen MR) is 131 cm³/mol. The molecule has 3 aromatic heterocycles. The van der Waals surface area contributed by atoms with Crippen molar-refractivity contribution in [3.63, 3.8) is 0 Å². The first-order valence-electron chi connectivity index (χ1n) is 11.9. The van der Waals surface area contributed by atoms with Crippen LogP contribution in [0.1, 0.15) is 46.5 Å². The molecule has 0 unspecified atom stereocenters. The quantitative estimate of drug-likeness (QED) is 0.447. The molecule has 0 aliphatic carbocycles. The van der Waals surface area contributed by atoms with Crippen LogP contribution < -0.4 is 5.32 Å². The van der Waals surface area contributed by atoms with Crippen molar-refractivity contribution in [2.45, 2.75) is 46.3 Å². The zero-order chi connectivity index (χ0) is 24.4. The van der Waals surface area contributed by atoms with Crippen LogP contribution in [0.15, 0.2) is 42.6 Å². The van der Waals surface area contributed by atoms with Crippen molar-refractivity contribution in [2.24, 2.45) is 0 Å². The first kappa shape index (κ1) is 22.7. The van der Waals surface area contributed by atoms with Gasteiger partial charge in [0, 0.05) is 37.8 Å². The Balaban J connectivity index is 1.26. The van der Waals surface area contributed by atoms with Gasteiger partial charge >= 0.3 is 0 Å². The maximum absolute atomic E-state index is 13.1. The standard InChI is InChI=1S/C26H28N8O/c1-3-21-24(33-16-18(2)5-10-22(33)29-21)26(35)28-15-19-6-8-20(9-7-19)25-30-23-17-32(12-4-11-27)13-14-34(23)31-25/h5-10,16H,3-4,12-15,17H2,1-2H3,(H,28,35). The molecule has 1 aliphatic rings. The van der Waals surface area contributed by atoms with E-state index in [0.29, 0.717) is 37.4 Å². The highest BCUT2D eigenvalue weighted by Crippen LogP contribution is 2.20. The van der Waals surface area contributed by atoms with Crippen molar-refractivity contribution < 1.29 is 4.79 Å². The van der Waals surface area contributed by atoms with Gasteiger partial charge in [-0.2, -0.15) is 10.4 Å². The van der Waals surface area contributed by atoms with Crippen LogP contribution >= 0.6 is 0 Å². The Morgan fingerprint density at radius 2 is 1.97 bits per heavy atom. The van der Waals surface area contributed by atoms with E-state index in [0.717, 1.165) is 53.5 Å². The number of hydrogen-bond acceptors (Lipinski definition) is 6. The molecule has 0 fully saturated rings. The van der Waals surface area contributed by atoms with E-state index in [4.69, 9.17) is 10.2 Å². The van der Waals surface area contributed by atoms with Crippen molar-refractivity contribution in [3.05, 3.63) is 70.9 Å². The lowest BCUT2D eigenvalue weighted by Gasteiger charge is -2.25. The van der Waals surface area contributed by atoms with Crippen LogP contribution in [0, 0.1) is 18.3 Å². The van der Waals surface area contributed by atoms with Crippen molar-refractivity contribution in [1.29, 1.82) is 5.26 Å². The number of nitrogens with one attached hydrogen (secondary N) is 1. The van der Waals surface area contributed by atoms with Gasteiger partial charge in [-0.15, -0.1) is 0 Å². The van der Waals surface area contributed by atoms with Crippen LogP contribution in [0.2, 0.25) is 0 Å². The van der Waals surface area contributed by atoms with Gasteiger partial charge in [0.2, 0.25) is 0 Å². The topological polar surface area (TPSA) is 104 Å². The molecule has 1 aromatic carbocycles. The molecule has 1 N–H and O–H groups in total. The van der Waals surface area contributed by atoms with Gasteiger partial charge in [-0.25, -0.2) is 14.6 Å². The molecule has 9 nitrogen and oxygen atoms in total. The second kappa shape index (κ2) is 9.68. The molecule has 0 atom stereocenters. The molecule has 4 heterocycles. The minimum Gasteiger partial charge on any atom is -0.347 e. The number of benzene rings is 1. The minimum absolute atomic E-state index is 0.131. The molecule has 0 saturated heterocycles. The molecule has 4 aromatic rings. The molecule has 0 spiro atoms. The van der Waals surface area contributed by atoms with Gasteiger partial charge in [0.15, 0.2) is 5.82 Å². The second-order valence-corrected chi connectivity index (χ2v) is 8.83. The molecule has 0 saturated carbocycles. The van der Waals surface area contributed by atoms with E-state index >= 15 is 0 Å². The number of carbonyl (C=O) groups is 1. The Kier molecular flexibility index (Phi) is 6.29. The van der Waals surface area contributed by atoms with Crippen LogP contribution in [0.3, 0.4) is 0 Å². The van der Waals surface area contributed by atoms with Crippen LogP contribution in [0.4, 0.5) is 0 Å². The fourth-order valence-electron chi connectivity index (χ4n) is 4.43. The van der Waals surface area contributed by atoms with Crippen LogP contribution in [0.5, 0.6) is 0 Å². The molecule has 1 aliphatic heterocycles. The van der Waals surface area contributed by atoms with Gasteiger partial charge in [-0.3, -0.25) is 14.1 Å². The van der Waals surface area contributed by atoms with E-state index in [-0.39, 0.29) is 5.91 Å². The van der Waals surface area contributed by atoms with Crippen molar-refractivity contribution in [2.75, 3.05) is 13.1 Å². The summed E-state index contributed by atoms with van der Waals surface area (Å²) in [6.45, 7) is 7.56. The van der Waals surface area contributed by atoms with Gasteiger partial charge in [-0.1, -0.05) is 37.3 Å². The zero-order valence-corrected chi connectivity index (χ0v) is 20.0. The van der Waals surface area contributed by atoms with Crippen LogP contribution in [0.25, 0.3) is 17.0 Å². The maximum atomic E-state index is 13.1. The third-order valence-electron chi connectivity index (χ3n) is 6.34. The number of rotatable bonds is 7. The Hall–Kier alpha value is -4.03. The molecule has 178 valence electrons. The first-order valence-corrected chi connectivity index (χ1v) is 11.9. The van der Waals surface area contributed by atoms with Crippen LogP contribution in [-0.4, -0.2) is 48.0 Å². The summed E-state index contributed by atoms with van der Waals surface area (Å²) in [5.41, 5.74) is 5.19. The van der Waals surface area contributed by atoms with Gasteiger partial charge < -0.3 is 5.32 Å². The Morgan fingerprint density at radius 3 is 2.74 bits per heavy atom. The maximum Gasteiger partial charge on any atom is 0.270 e. The highest BCUT2D eigenvalue weighted by molar-refractivity contribution is 5.94. The molecule has 0 bridgehead atoms. The number of nitriles is 1. The minimum atomic E-state index is -0.131. The highest BCUT2D eigenvalue weighted by atomic mass is 16.1. The summed E-state index contributed by atoms with van der Waals surface area (Å²) >= 11 is 0. The fourth-order valence-corrected chi connectivity index (χ4v) is 4.43. The molecular weight excluding hydrogens is 440 g/mol. The summed E-state index contributed by atoms with van der Waals surface area (Å²) in [6.07, 6.45) is 3.16. The number of aryl methyl sites for hydroxylation is 2. The summed E-state index contributed by atoms with van der Waals surface area (Å²) in [4.78, 5) is 24.6. The predicted octanol–water partition coefficient (Wildman–Crippen LogP) is 3.12. The van der Waals surface area contributed by atoms with Gasteiger partial charge in [0.25, 0.3) is 5.91 Å². The SMILES string of the molecule is CCc1nc2ccc(C)cn2c1C(=O)NCc1ccc(-c2nc3n(n2)CCN(CCC#N)C3)cc1. The zero-order valence-electron chi connectivity index (χ0n) is 20.0. The van der Waals surface area contributed by atoms with Crippen molar-refractivity contribution >= 4 is 11.6 Å². The Bertz CT molecular complexity index is 1410. The van der Waals surface area contributed by atoms with E-state index in [1.165, 1.54) is 0 Å².